The van der Waals surface area contributed by atoms with Crippen LogP contribution in [0, 0.1) is 11.6 Å². The van der Waals surface area contributed by atoms with Crippen LogP contribution in [0.25, 0.3) is 0 Å². The van der Waals surface area contributed by atoms with E-state index in [0.29, 0.717) is 5.56 Å². The van der Waals surface area contributed by atoms with Crippen molar-refractivity contribution in [2.24, 2.45) is 0 Å². The third kappa shape index (κ3) is 5.91. The number of pyridine rings is 1. The number of amides is 2. The first-order chi connectivity index (χ1) is 14.4. The predicted octanol–water partition coefficient (Wildman–Crippen LogP) is 1.48. The van der Waals surface area contributed by atoms with Gasteiger partial charge in [-0.2, -0.15) is 0 Å². The molecule has 3 N–H and O–H groups in total. The summed E-state index contributed by atoms with van der Waals surface area (Å²) in [5, 5.41) is 14.9. The number of aromatic nitrogens is 1. The van der Waals surface area contributed by atoms with Gasteiger partial charge >= 0.3 is 0 Å². The molecule has 9 heteroatoms. The molecule has 30 heavy (non-hydrogen) atoms. The number of hydrogen-bond acceptors (Lipinski definition) is 5. The number of carbonyl (C=O) groups is 2. The highest BCUT2D eigenvalue weighted by Gasteiger charge is 2.29. The highest BCUT2D eigenvalue weighted by Crippen LogP contribution is 2.16. The molecule has 0 aliphatic carbocycles. The van der Waals surface area contributed by atoms with Crippen molar-refractivity contribution in [2.45, 2.75) is 31.2 Å². The minimum atomic E-state index is -0.738. The maximum absolute atomic E-state index is 13.2. The summed E-state index contributed by atoms with van der Waals surface area (Å²) in [7, 11) is 0. The van der Waals surface area contributed by atoms with Gasteiger partial charge in [-0.05, 0) is 29.8 Å². The SMILES string of the molecule is O=C(C[C@@H]1C=C[C@@H](NC(=O)c2ccccn2)[C@H](CO)O1)NCc1cc(F)cc(F)c1. The van der Waals surface area contributed by atoms with Gasteiger partial charge < -0.3 is 20.5 Å². The topological polar surface area (TPSA) is 101 Å². The quantitative estimate of drug-likeness (QED) is 0.593. The van der Waals surface area contributed by atoms with Crippen LogP contribution in [-0.2, 0) is 16.1 Å². The molecule has 2 heterocycles. The van der Waals surface area contributed by atoms with E-state index in [2.05, 4.69) is 15.6 Å². The molecule has 0 spiro atoms. The van der Waals surface area contributed by atoms with Crippen molar-refractivity contribution in [2.75, 3.05) is 6.61 Å². The average molecular weight is 417 g/mol. The molecular weight excluding hydrogens is 396 g/mol. The fourth-order valence-corrected chi connectivity index (χ4v) is 3.03. The van der Waals surface area contributed by atoms with Crippen LogP contribution in [0.5, 0.6) is 0 Å². The van der Waals surface area contributed by atoms with Crippen LogP contribution in [0.4, 0.5) is 8.78 Å². The number of halogens is 2. The van der Waals surface area contributed by atoms with E-state index in [1.54, 1.807) is 30.4 Å². The lowest BCUT2D eigenvalue weighted by atomic mass is 10.0. The zero-order valence-electron chi connectivity index (χ0n) is 15.9. The molecule has 3 rings (SSSR count). The van der Waals surface area contributed by atoms with Crippen molar-refractivity contribution >= 4 is 11.8 Å². The molecule has 3 atom stereocenters. The van der Waals surface area contributed by atoms with Crippen LogP contribution in [-0.4, -0.2) is 46.8 Å². The summed E-state index contributed by atoms with van der Waals surface area (Å²) in [6, 6.07) is 7.38. The van der Waals surface area contributed by atoms with Crippen LogP contribution < -0.4 is 10.6 Å². The van der Waals surface area contributed by atoms with Crippen molar-refractivity contribution in [1.82, 2.24) is 15.6 Å². The summed E-state index contributed by atoms with van der Waals surface area (Å²) < 4.78 is 32.1. The Balaban J connectivity index is 1.53. The highest BCUT2D eigenvalue weighted by atomic mass is 19.1. The molecular formula is C21H21F2N3O4. The first-order valence-corrected chi connectivity index (χ1v) is 9.33. The van der Waals surface area contributed by atoms with Gasteiger partial charge in [0, 0.05) is 18.8 Å². The maximum Gasteiger partial charge on any atom is 0.270 e. The molecule has 7 nitrogen and oxygen atoms in total. The summed E-state index contributed by atoms with van der Waals surface area (Å²) in [5.74, 6) is -2.24. The molecule has 0 fully saturated rings. The molecule has 2 amide bonds. The second-order valence-corrected chi connectivity index (χ2v) is 6.75. The normalized spacial score (nSPS) is 20.6. The number of aliphatic hydroxyl groups is 1. The Bertz CT molecular complexity index is 903. The summed E-state index contributed by atoms with van der Waals surface area (Å²) in [6.45, 7) is -0.395. The third-order valence-electron chi connectivity index (χ3n) is 4.46. The van der Waals surface area contributed by atoms with Gasteiger partial charge in [0.1, 0.15) is 23.4 Å². The van der Waals surface area contributed by atoms with E-state index in [-0.39, 0.29) is 31.2 Å². The molecule has 1 aromatic carbocycles. The number of nitrogens with zero attached hydrogens (tertiary/aromatic N) is 1. The van der Waals surface area contributed by atoms with Gasteiger partial charge in [-0.1, -0.05) is 18.2 Å². The molecule has 1 aliphatic rings. The highest BCUT2D eigenvalue weighted by molar-refractivity contribution is 5.92. The molecule has 0 radical (unpaired) electrons. The van der Waals surface area contributed by atoms with Crippen LogP contribution >= 0.6 is 0 Å². The second kappa shape index (κ2) is 10.0. The Morgan fingerprint density at radius 2 is 1.90 bits per heavy atom. The van der Waals surface area contributed by atoms with E-state index in [1.165, 1.54) is 6.20 Å². The van der Waals surface area contributed by atoms with Gasteiger partial charge in [-0.15, -0.1) is 0 Å². The van der Waals surface area contributed by atoms with E-state index in [4.69, 9.17) is 4.74 Å². The number of aliphatic hydroxyl groups excluding tert-OH is 1. The number of rotatable bonds is 7. The number of hydrogen-bond donors (Lipinski definition) is 3. The molecule has 1 aromatic heterocycles. The van der Waals surface area contributed by atoms with Crippen molar-refractivity contribution in [3.05, 3.63) is 77.6 Å². The van der Waals surface area contributed by atoms with Crippen molar-refractivity contribution in [3.8, 4) is 0 Å². The zero-order chi connectivity index (χ0) is 21.5. The monoisotopic (exact) mass is 417 g/mol. The lowest BCUT2D eigenvalue weighted by molar-refractivity contribution is -0.125. The van der Waals surface area contributed by atoms with Gasteiger partial charge in [0.2, 0.25) is 5.91 Å². The predicted molar refractivity (Wildman–Crippen MR) is 103 cm³/mol. The smallest absolute Gasteiger partial charge is 0.270 e. The van der Waals surface area contributed by atoms with Crippen molar-refractivity contribution in [3.63, 3.8) is 0 Å². The standard InChI is InChI=1S/C21H21F2N3O4/c22-14-7-13(8-15(23)9-14)11-25-20(28)10-16-4-5-17(19(12-27)30-16)26-21(29)18-3-1-2-6-24-18/h1-9,16-17,19,27H,10-12H2,(H,25,28)(H,26,29)/t16-,17+,19-/m0/s1. The zero-order valence-corrected chi connectivity index (χ0v) is 15.9. The largest absolute Gasteiger partial charge is 0.394 e. The van der Waals surface area contributed by atoms with Gasteiger partial charge in [0.15, 0.2) is 0 Å². The van der Waals surface area contributed by atoms with Crippen molar-refractivity contribution < 1.29 is 28.2 Å². The van der Waals surface area contributed by atoms with E-state index < -0.39 is 35.8 Å². The molecule has 2 aromatic rings. The molecule has 0 unspecified atom stereocenters. The maximum atomic E-state index is 13.2. The van der Waals surface area contributed by atoms with Gasteiger partial charge in [0.25, 0.3) is 5.91 Å². The van der Waals surface area contributed by atoms with Crippen LogP contribution in [0.15, 0.2) is 54.7 Å². The Labute approximate surface area is 171 Å². The minimum Gasteiger partial charge on any atom is -0.394 e. The molecule has 0 bridgehead atoms. The number of carbonyl (C=O) groups excluding carboxylic acids is 2. The average Bonchev–Trinajstić information content (AvgIpc) is 2.73. The first-order valence-electron chi connectivity index (χ1n) is 9.33. The van der Waals surface area contributed by atoms with E-state index in [0.717, 1.165) is 18.2 Å². The lowest BCUT2D eigenvalue weighted by Gasteiger charge is -2.31. The Hall–Kier alpha value is -3.17. The number of ether oxygens (including phenoxy) is 1. The van der Waals surface area contributed by atoms with E-state index in [1.807, 2.05) is 0 Å². The van der Waals surface area contributed by atoms with Gasteiger partial charge in [-0.3, -0.25) is 14.6 Å². The fraction of sp³-hybridized carbons (Fsp3) is 0.286. The second-order valence-electron chi connectivity index (χ2n) is 6.75. The molecule has 0 saturated heterocycles. The minimum absolute atomic E-state index is 0.0316. The van der Waals surface area contributed by atoms with Gasteiger partial charge in [0.05, 0.1) is 25.2 Å². The Morgan fingerprint density at radius 1 is 1.13 bits per heavy atom. The third-order valence-corrected chi connectivity index (χ3v) is 4.46. The molecule has 158 valence electrons. The first kappa shape index (κ1) is 21.5. The summed E-state index contributed by atoms with van der Waals surface area (Å²) in [5.41, 5.74) is 0.532. The summed E-state index contributed by atoms with van der Waals surface area (Å²) in [4.78, 5) is 28.3. The van der Waals surface area contributed by atoms with Crippen LogP contribution in [0.1, 0.15) is 22.5 Å². The van der Waals surface area contributed by atoms with Crippen LogP contribution in [0.2, 0.25) is 0 Å². The van der Waals surface area contributed by atoms with Crippen molar-refractivity contribution in [1.29, 1.82) is 0 Å². The fourth-order valence-electron chi connectivity index (χ4n) is 3.03. The van der Waals surface area contributed by atoms with Gasteiger partial charge in [-0.25, -0.2) is 8.78 Å². The van der Waals surface area contributed by atoms with Crippen LogP contribution in [0.3, 0.4) is 0 Å². The summed E-state index contributed by atoms with van der Waals surface area (Å²) in [6.07, 6.45) is 3.37. The lowest BCUT2D eigenvalue weighted by Crippen LogP contribution is -2.49. The number of benzene rings is 1. The Kier molecular flexibility index (Phi) is 7.21. The summed E-state index contributed by atoms with van der Waals surface area (Å²) >= 11 is 0. The molecule has 0 saturated carbocycles. The Morgan fingerprint density at radius 3 is 2.57 bits per heavy atom. The van der Waals surface area contributed by atoms with E-state index in [9.17, 15) is 23.5 Å². The molecule has 1 aliphatic heterocycles. The number of nitrogens with one attached hydrogen (secondary N) is 2. The van der Waals surface area contributed by atoms with E-state index >= 15 is 0 Å².